The Morgan fingerprint density at radius 3 is 1.62 bits per heavy atom. The van der Waals surface area contributed by atoms with Crippen molar-refractivity contribution in [1.82, 2.24) is 16.0 Å². The topological polar surface area (TPSA) is 271 Å². The van der Waals surface area contributed by atoms with E-state index in [1.807, 2.05) is 5.32 Å². The predicted octanol–water partition coefficient (Wildman–Crippen LogP) is -4.65. The highest BCUT2D eigenvalue weighted by molar-refractivity contribution is 5.95. The number of nitrogens with one attached hydrogen (secondary N) is 3. The molecule has 0 aliphatic heterocycles. The standard InChI is InChI=1S/C17H29N5O10/c1-6(23)12(15(29)20-9(17(31)32)5-11(26)27)22-16(30)13(7(2)24)21-14(28)8(18)3-4-10(19)25/h6-9,12-13,23-24H,3-5,18H2,1-2H3,(H2,19,25)(H,20,29)(H,21,28)(H,22,30)(H,26,27)(H,31,32). The summed E-state index contributed by atoms with van der Waals surface area (Å²) in [6.07, 6.45) is -4.35. The lowest BCUT2D eigenvalue weighted by Gasteiger charge is -2.27. The highest BCUT2D eigenvalue weighted by atomic mass is 16.4. The zero-order valence-corrected chi connectivity index (χ0v) is 17.5. The molecular weight excluding hydrogens is 434 g/mol. The van der Waals surface area contributed by atoms with Crippen LogP contribution in [0.2, 0.25) is 0 Å². The van der Waals surface area contributed by atoms with Crippen LogP contribution in [-0.2, 0) is 28.8 Å². The van der Waals surface area contributed by atoms with E-state index in [0.717, 1.165) is 13.8 Å². The van der Waals surface area contributed by atoms with Crippen LogP contribution in [-0.4, -0.2) is 92.4 Å². The molecule has 0 bridgehead atoms. The summed E-state index contributed by atoms with van der Waals surface area (Å²) >= 11 is 0. The van der Waals surface area contributed by atoms with Gasteiger partial charge in [0.2, 0.25) is 23.6 Å². The maximum Gasteiger partial charge on any atom is 0.326 e. The summed E-state index contributed by atoms with van der Waals surface area (Å²) in [5.41, 5.74) is 10.6. The first kappa shape index (κ1) is 28.7. The molecule has 15 nitrogen and oxygen atoms in total. The number of carbonyl (C=O) groups excluding carboxylic acids is 4. The average Bonchev–Trinajstić information content (AvgIpc) is 2.66. The Bertz CT molecular complexity index is 727. The largest absolute Gasteiger partial charge is 0.481 e. The molecule has 0 saturated carbocycles. The van der Waals surface area contributed by atoms with Gasteiger partial charge in [-0.3, -0.25) is 24.0 Å². The minimum atomic E-state index is -1.84. The summed E-state index contributed by atoms with van der Waals surface area (Å²) < 4.78 is 0. The molecule has 0 rings (SSSR count). The number of carbonyl (C=O) groups is 6. The number of carboxylic acid groups (broad SMARTS) is 2. The monoisotopic (exact) mass is 463 g/mol. The highest BCUT2D eigenvalue weighted by Gasteiger charge is 2.34. The number of nitrogens with two attached hydrogens (primary N) is 2. The fraction of sp³-hybridized carbons (Fsp3) is 0.647. The zero-order chi connectivity index (χ0) is 25.2. The average molecular weight is 463 g/mol. The van der Waals surface area contributed by atoms with Crippen LogP contribution in [0.25, 0.3) is 0 Å². The number of hydrogen-bond donors (Lipinski definition) is 9. The van der Waals surface area contributed by atoms with Crippen molar-refractivity contribution < 1.29 is 49.2 Å². The van der Waals surface area contributed by atoms with Crippen LogP contribution in [0.15, 0.2) is 0 Å². The van der Waals surface area contributed by atoms with E-state index in [0.29, 0.717) is 0 Å². The molecule has 0 spiro atoms. The highest BCUT2D eigenvalue weighted by Crippen LogP contribution is 2.03. The summed E-state index contributed by atoms with van der Waals surface area (Å²) in [6, 6.07) is -6.46. The van der Waals surface area contributed by atoms with Gasteiger partial charge in [-0.1, -0.05) is 0 Å². The summed E-state index contributed by atoms with van der Waals surface area (Å²) in [7, 11) is 0. The van der Waals surface area contributed by atoms with Crippen LogP contribution >= 0.6 is 0 Å². The molecule has 4 amide bonds. The second kappa shape index (κ2) is 13.2. The van der Waals surface area contributed by atoms with E-state index in [4.69, 9.17) is 21.7 Å². The molecule has 11 N–H and O–H groups in total. The fourth-order valence-corrected chi connectivity index (χ4v) is 2.38. The van der Waals surface area contributed by atoms with Gasteiger partial charge in [0.05, 0.1) is 24.7 Å². The molecule has 0 heterocycles. The first-order valence-corrected chi connectivity index (χ1v) is 9.43. The van der Waals surface area contributed by atoms with Crippen LogP contribution in [0.3, 0.4) is 0 Å². The lowest BCUT2D eigenvalue weighted by Crippen LogP contribution is -2.62. The van der Waals surface area contributed by atoms with Crippen LogP contribution in [0.4, 0.5) is 0 Å². The van der Waals surface area contributed by atoms with Crippen LogP contribution in [0, 0.1) is 0 Å². The van der Waals surface area contributed by atoms with E-state index < -0.39 is 78.4 Å². The van der Waals surface area contributed by atoms with Crippen molar-refractivity contribution in [2.45, 2.75) is 69.5 Å². The normalized spacial score (nSPS) is 16.4. The van der Waals surface area contributed by atoms with Crippen molar-refractivity contribution in [3.05, 3.63) is 0 Å². The maximum atomic E-state index is 12.5. The van der Waals surface area contributed by atoms with Gasteiger partial charge in [0.15, 0.2) is 0 Å². The number of rotatable bonds is 14. The van der Waals surface area contributed by atoms with Gasteiger partial charge in [-0.2, -0.15) is 0 Å². The molecule has 0 aliphatic carbocycles. The number of aliphatic hydroxyl groups excluding tert-OH is 2. The van der Waals surface area contributed by atoms with Crippen molar-refractivity contribution in [3.63, 3.8) is 0 Å². The molecule has 182 valence electrons. The van der Waals surface area contributed by atoms with Crippen LogP contribution in [0.5, 0.6) is 0 Å². The SMILES string of the molecule is CC(O)C(NC(=O)C(N)CCC(N)=O)C(=O)NC(C(=O)NC(CC(=O)O)C(=O)O)C(C)O. The number of aliphatic hydroxyl groups is 2. The number of primary amides is 1. The molecule has 0 fully saturated rings. The van der Waals surface area contributed by atoms with E-state index in [1.165, 1.54) is 0 Å². The Kier molecular flexibility index (Phi) is 11.8. The van der Waals surface area contributed by atoms with Gasteiger partial charge >= 0.3 is 11.9 Å². The smallest absolute Gasteiger partial charge is 0.326 e. The second-order valence-corrected chi connectivity index (χ2v) is 7.06. The number of aliphatic carboxylic acids is 2. The van der Waals surface area contributed by atoms with Crippen molar-refractivity contribution in [1.29, 1.82) is 0 Å². The Hall–Kier alpha value is -3.30. The Morgan fingerprint density at radius 1 is 0.812 bits per heavy atom. The van der Waals surface area contributed by atoms with Gasteiger partial charge in [0.25, 0.3) is 0 Å². The van der Waals surface area contributed by atoms with E-state index in [1.54, 1.807) is 0 Å². The van der Waals surface area contributed by atoms with E-state index in [-0.39, 0.29) is 12.8 Å². The van der Waals surface area contributed by atoms with Gasteiger partial charge < -0.3 is 47.8 Å². The number of amides is 4. The number of carboxylic acids is 2. The summed E-state index contributed by atoms with van der Waals surface area (Å²) in [5, 5.41) is 43.5. The first-order valence-electron chi connectivity index (χ1n) is 9.43. The van der Waals surface area contributed by atoms with Crippen LogP contribution in [0.1, 0.15) is 33.1 Å². The van der Waals surface area contributed by atoms with Crippen molar-refractivity contribution in [2.75, 3.05) is 0 Å². The summed E-state index contributed by atoms with van der Waals surface area (Å²) in [6.45, 7) is 2.23. The third-order valence-electron chi connectivity index (χ3n) is 4.16. The molecule has 6 atom stereocenters. The molecule has 0 aromatic carbocycles. The fourth-order valence-electron chi connectivity index (χ4n) is 2.38. The van der Waals surface area contributed by atoms with Gasteiger partial charge in [-0.05, 0) is 20.3 Å². The van der Waals surface area contributed by atoms with Crippen molar-refractivity contribution in [2.24, 2.45) is 11.5 Å². The predicted molar refractivity (Wildman–Crippen MR) is 105 cm³/mol. The van der Waals surface area contributed by atoms with Crippen molar-refractivity contribution in [3.8, 4) is 0 Å². The molecule has 6 unspecified atom stereocenters. The number of hydrogen-bond acceptors (Lipinski definition) is 9. The zero-order valence-electron chi connectivity index (χ0n) is 17.5. The summed E-state index contributed by atoms with van der Waals surface area (Å²) in [4.78, 5) is 69.6. The lowest BCUT2D eigenvalue weighted by atomic mass is 10.1. The molecule has 0 aromatic heterocycles. The molecular formula is C17H29N5O10. The molecule has 0 saturated heterocycles. The molecule has 32 heavy (non-hydrogen) atoms. The van der Waals surface area contributed by atoms with E-state index >= 15 is 0 Å². The minimum Gasteiger partial charge on any atom is -0.481 e. The van der Waals surface area contributed by atoms with E-state index in [9.17, 15) is 39.0 Å². The third-order valence-corrected chi connectivity index (χ3v) is 4.16. The second-order valence-electron chi connectivity index (χ2n) is 7.06. The van der Waals surface area contributed by atoms with Gasteiger partial charge in [-0.25, -0.2) is 4.79 Å². The summed E-state index contributed by atoms with van der Waals surface area (Å²) in [5.74, 6) is -7.11. The molecule has 15 heteroatoms. The first-order chi connectivity index (χ1) is 14.7. The minimum absolute atomic E-state index is 0.131. The molecule has 0 aliphatic rings. The lowest BCUT2D eigenvalue weighted by molar-refractivity contribution is -0.148. The Morgan fingerprint density at radius 2 is 1.25 bits per heavy atom. The van der Waals surface area contributed by atoms with Crippen molar-refractivity contribution >= 4 is 35.6 Å². The van der Waals surface area contributed by atoms with Crippen LogP contribution < -0.4 is 27.4 Å². The quantitative estimate of drug-likeness (QED) is 0.118. The maximum absolute atomic E-state index is 12.5. The van der Waals surface area contributed by atoms with Gasteiger partial charge in [-0.15, -0.1) is 0 Å². The third kappa shape index (κ3) is 10.1. The van der Waals surface area contributed by atoms with Gasteiger partial charge in [0, 0.05) is 6.42 Å². The molecule has 0 radical (unpaired) electrons. The molecule has 0 aromatic rings. The van der Waals surface area contributed by atoms with E-state index in [2.05, 4.69) is 10.6 Å². The van der Waals surface area contributed by atoms with Gasteiger partial charge in [0.1, 0.15) is 18.1 Å². The Labute approximate surface area is 182 Å². The Balaban J connectivity index is 5.33.